The summed E-state index contributed by atoms with van der Waals surface area (Å²) in [7, 11) is 0. The van der Waals surface area contributed by atoms with Crippen LogP contribution in [0.3, 0.4) is 0 Å². The van der Waals surface area contributed by atoms with Gasteiger partial charge in [-0.25, -0.2) is 0 Å². The molecule has 142 valence electrons. The molecule has 3 aliphatic rings. The molecule has 3 aliphatic heterocycles. The predicted octanol–water partition coefficient (Wildman–Crippen LogP) is 1.45. The average Bonchev–Trinajstić information content (AvgIpc) is 2.97. The van der Waals surface area contributed by atoms with Crippen LogP contribution in [0.5, 0.6) is 5.75 Å². The molecule has 3 fully saturated rings. The molecule has 0 radical (unpaired) electrons. The van der Waals surface area contributed by atoms with Crippen molar-refractivity contribution in [3.05, 3.63) is 24.3 Å². The zero-order valence-electron chi connectivity index (χ0n) is 15.1. The van der Waals surface area contributed by atoms with Crippen LogP contribution in [0, 0.1) is 0 Å². The quantitative estimate of drug-likeness (QED) is 0.870. The lowest BCUT2D eigenvalue weighted by atomic mass is 10.2. The van der Waals surface area contributed by atoms with Gasteiger partial charge in [0.25, 0.3) is 0 Å². The van der Waals surface area contributed by atoms with Crippen LogP contribution < -0.4 is 9.80 Å². The summed E-state index contributed by atoms with van der Waals surface area (Å²) >= 11 is 0. The number of nitrogens with zero attached hydrogens (tertiary/aromatic N) is 5. The highest BCUT2D eigenvalue weighted by Gasteiger charge is 2.39. The molecule has 2 bridgehead atoms. The van der Waals surface area contributed by atoms with Gasteiger partial charge in [-0.1, -0.05) is 12.1 Å². The van der Waals surface area contributed by atoms with E-state index in [4.69, 9.17) is 24.4 Å². The molecule has 5 rings (SSSR count). The van der Waals surface area contributed by atoms with Gasteiger partial charge in [-0.15, -0.1) is 0 Å². The highest BCUT2D eigenvalue weighted by Crippen LogP contribution is 2.34. The van der Waals surface area contributed by atoms with E-state index in [1.165, 1.54) is 0 Å². The van der Waals surface area contributed by atoms with Crippen LogP contribution in [0.4, 0.5) is 11.9 Å². The number of ether oxygens (including phenoxy) is 2. The number of rotatable bonds is 3. The number of aromatic hydroxyl groups is 1. The predicted molar refractivity (Wildman–Crippen MR) is 100 cm³/mol. The third kappa shape index (κ3) is 3.19. The van der Waals surface area contributed by atoms with E-state index in [1.807, 2.05) is 6.07 Å². The second-order valence-electron chi connectivity index (χ2n) is 7.24. The number of fused-ring (bicyclic) bond motifs is 2. The second kappa shape index (κ2) is 6.94. The van der Waals surface area contributed by atoms with Gasteiger partial charge in [0.2, 0.25) is 11.9 Å². The molecule has 8 heteroatoms. The van der Waals surface area contributed by atoms with Crippen molar-refractivity contribution in [2.24, 2.45) is 0 Å². The van der Waals surface area contributed by atoms with E-state index in [-0.39, 0.29) is 5.75 Å². The maximum atomic E-state index is 9.88. The summed E-state index contributed by atoms with van der Waals surface area (Å²) in [6.07, 6.45) is 2.20. The summed E-state index contributed by atoms with van der Waals surface area (Å²) in [6.45, 7) is 4.31. The van der Waals surface area contributed by atoms with E-state index in [1.54, 1.807) is 18.2 Å². The zero-order chi connectivity index (χ0) is 18.2. The molecule has 0 amide bonds. The number of phenols is 1. The smallest absolute Gasteiger partial charge is 0.231 e. The van der Waals surface area contributed by atoms with Crippen molar-refractivity contribution >= 4 is 11.9 Å². The molecule has 1 aromatic heterocycles. The van der Waals surface area contributed by atoms with Gasteiger partial charge in [-0.3, -0.25) is 0 Å². The topological polar surface area (TPSA) is 83.8 Å². The molecule has 2 atom stereocenters. The van der Waals surface area contributed by atoms with Crippen LogP contribution in [0.25, 0.3) is 11.4 Å². The summed E-state index contributed by atoms with van der Waals surface area (Å²) < 4.78 is 11.2. The van der Waals surface area contributed by atoms with E-state index in [2.05, 4.69) is 9.80 Å². The van der Waals surface area contributed by atoms with Gasteiger partial charge in [-0.05, 0) is 25.0 Å². The monoisotopic (exact) mass is 369 g/mol. The fourth-order valence-electron chi connectivity index (χ4n) is 4.10. The first-order valence-corrected chi connectivity index (χ1v) is 9.52. The summed E-state index contributed by atoms with van der Waals surface area (Å²) in [5, 5.41) is 9.88. The number of hydrogen-bond acceptors (Lipinski definition) is 8. The second-order valence-corrected chi connectivity index (χ2v) is 7.24. The summed E-state index contributed by atoms with van der Waals surface area (Å²) in [6, 6.07) is 7.70. The summed E-state index contributed by atoms with van der Waals surface area (Å²) in [5.41, 5.74) is 0.786. The van der Waals surface area contributed by atoms with Gasteiger partial charge < -0.3 is 24.4 Å². The van der Waals surface area contributed by atoms with Crippen LogP contribution in [0.15, 0.2) is 24.3 Å². The molecule has 1 aromatic carbocycles. The lowest BCUT2D eigenvalue weighted by Crippen LogP contribution is -2.47. The minimum Gasteiger partial charge on any atom is -0.508 e. The highest BCUT2D eigenvalue weighted by atomic mass is 16.5. The third-order valence-electron chi connectivity index (χ3n) is 5.48. The molecular weight excluding hydrogens is 346 g/mol. The molecular formula is C19H23N5O3. The van der Waals surface area contributed by atoms with Crippen LogP contribution in [0.2, 0.25) is 0 Å². The number of morpholine rings is 2. The molecule has 3 saturated heterocycles. The largest absolute Gasteiger partial charge is 0.508 e. The van der Waals surface area contributed by atoms with E-state index in [9.17, 15) is 5.11 Å². The maximum absolute atomic E-state index is 9.88. The number of benzene rings is 1. The Hall–Kier alpha value is -2.45. The Labute approximate surface area is 157 Å². The van der Waals surface area contributed by atoms with Gasteiger partial charge in [0.1, 0.15) is 5.75 Å². The van der Waals surface area contributed by atoms with Crippen molar-refractivity contribution in [3.8, 4) is 17.1 Å². The number of phenolic OH excluding ortho intramolecular Hbond substituents is 1. The molecule has 0 saturated carbocycles. The van der Waals surface area contributed by atoms with Crippen LogP contribution in [-0.4, -0.2) is 71.7 Å². The molecule has 2 unspecified atom stereocenters. The molecule has 2 aromatic rings. The lowest BCUT2D eigenvalue weighted by Gasteiger charge is -2.35. The molecule has 0 spiro atoms. The molecule has 8 nitrogen and oxygen atoms in total. The highest BCUT2D eigenvalue weighted by molar-refractivity contribution is 5.61. The maximum Gasteiger partial charge on any atom is 0.231 e. The molecule has 4 heterocycles. The average molecular weight is 369 g/mol. The Morgan fingerprint density at radius 3 is 2.41 bits per heavy atom. The SMILES string of the molecule is Oc1cccc(-c2nc(N3CCOCC3)nc(N3C4CCC3COC4)n2)c1. The Morgan fingerprint density at radius 2 is 1.67 bits per heavy atom. The van der Waals surface area contributed by atoms with Crippen molar-refractivity contribution in [2.75, 3.05) is 49.3 Å². The first-order valence-electron chi connectivity index (χ1n) is 9.52. The lowest BCUT2D eigenvalue weighted by molar-refractivity contribution is 0.0897. The van der Waals surface area contributed by atoms with E-state index < -0.39 is 0 Å². The number of hydrogen-bond donors (Lipinski definition) is 1. The number of anilines is 2. The fourth-order valence-corrected chi connectivity index (χ4v) is 4.10. The molecule has 1 N–H and O–H groups in total. The van der Waals surface area contributed by atoms with Gasteiger partial charge in [0.15, 0.2) is 5.82 Å². The van der Waals surface area contributed by atoms with Crippen LogP contribution in [-0.2, 0) is 9.47 Å². The Bertz CT molecular complexity index is 811. The standard InChI is InChI=1S/C19H23N5O3/c25-16-3-1-2-13(10-16)17-20-18(23-6-8-26-9-7-23)22-19(21-17)24-14-4-5-15(24)12-27-11-14/h1-3,10,14-15,25H,4-9,11-12H2. The molecule has 27 heavy (non-hydrogen) atoms. The van der Waals surface area contributed by atoms with Gasteiger partial charge in [0.05, 0.1) is 38.5 Å². The van der Waals surface area contributed by atoms with E-state index in [0.29, 0.717) is 43.0 Å². The minimum absolute atomic E-state index is 0.203. The van der Waals surface area contributed by atoms with Crippen LogP contribution >= 0.6 is 0 Å². The summed E-state index contributed by atoms with van der Waals surface area (Å²) in [5.74, 6) is 2.17. The minimum atomic E-state index is 0.203. The van der Waals surface area contributed by atoms with Crippen LogP contribution in [0.1, 0.15) is 12.8 Å². The van der Waals surface area contributed by atoms with Crippen molar-refractivity contribution in [2.45, 2.75) is 24.9 Å². The van der Waals surface area contributed by atoms with E-state index >= 15 is 0 Å². The van der Waals surface area contributed by atoms with Crippen molar-refractivity contribution in [3.63, 3.8) is 0 Å². The first-order chi connectivity index (χ1) is 13.3. The van der Waals surface area contributed by atoms with Gasteiger partial charge in [0, 0.05) is 18.7 Å². The Kier molecular flexibility index (Phi) is 4.29. The number of aromatic nitrogens is 3. The third-order valence-corrected chi connectivity index (χ3v) is 5.48. The Balaban J connectivity index is 1.58. The van der Waals surface area contributed by atoms with Crippen molar-refractivity contribution in [1.29, 1.82) is 0 Å². The van der Waals surface area contributed by atoms with Gasteiger partial charge in [-0.2, -0.15) is 15.0 Å². The normalized spacial score (nSPS) is 25.0. The van der Waals surface area contributed by atoms with E-state index in [0.717, 1.165) is 44.7 Å². The first kappa shape index (κ1) is 16.7. The van der Waals surface area contributed by atoms with Gasteiger partial charge >= 0.3 is 0 Å². The zero-order valence-corrected chi connectivity index (χ0v) is 15.1. The van der Waals surface area contributed by atoms with Crippen molar-refractivity contribution < 1.29 is 14.6 Å². The summed E-state index contributed by atoms with van der Waals surface area (Å²) in [4.78, 5) is 18.8. The fraction of sp³-hybridized carbons (Fsp3) is 0.526. The Morgan fingerprint density at radius 1 is 0.926 bits per heavy atom. The molecule has 0 aliphatic carbocycles. The van der Waals surface area contributed by atoms with Crippen molar-refractivity contribution in [1.82, 2.24) is 15.0 Å².